The van der Waals surface area contributed by atoms with Crippen molar-refractivity contribution in [3.8, 4) is 11.1 Å². The number of carboxylic acids is 1. The van der Waals surface area contributed by atoms with Gasteiger partial charge in [-0.15, -0.1) is 0 Å². The molecule has 2 heterocycles. The fourth-order valence-corrected chi connectivity index (χ4v) is 5.49. The van der Waals surface area contributed by atoms with Crippen LogP contribution in [0.3, 0.4) is 0 Å². The lowest BCUT2D eigenvalue weighted by Gasteiger charge is -2.44. The first-order valence-corrected chi connectivity index (χ1v) is 10.5. The summed E-state index contributed by atoms with van der Waals surface area (Å²) in [5.74, 6) is -0.102. The molecule has 2 aliphatic heterocycles. The van der Waals surface area contributed by atoms with E-state index in [9.17, 15) is 14.7 Å². The highest BCUT2D eigenvalue weighted by Crippen LogP contribution is 2.40. The third-order valence-electron chi connectivity index (χ3n) is 5.54. The lowest BCUT2D eigenvalue weighted by molar-refractivity contribution is 0.0536. The van der Waals surface area contributed by atoms with Crippen LogP contribution in [0.5, 0.6) is 0 Å². The van der Waals surface area contributed by atoms with E-state index in [1.807, 2.05) is 34.9 Å². The average Bonchev–Trinajstić information content (AvgIpc) is 2.74. The molecule has 0 atom stereocenters. The average molecular weight is 397 g/mol. The van der Waals surface area contributed by atoms with Crippen LogP contribution in [0.1, 0.15) is 33.6 Å². The molecule has 2 aliphatic rings. The van der Waals surface area contributed by atoms with Crippen molar-refractivity contribution in [2.45, 2.75) is 17.6 Å². The van der Waals surface area contributed by atoms with E-state index in [4.69, 9.17) is 4.74 Å². The Kier molecular flexibility index (Phi) is 5.42. The molecule has 0 radical (unpaired) electrons. The molecule has 1 N–H and O–H groups in total. The highest BCUT2D eigenvalue weighted by atomic mass is 32.2. The normalized spacial score (nSPS) is 18.8. The molecule has 0 aromatic heterocycles. The first-order valence-electron chi connectivity index (χ1n) is 9.52. The van der Waals surface area contributed by atoms with Crippen molar-refractivity contribution >= 4 is 23.6 Å². The number of carboxylic acid groups (broad SMARTS) is 1. The molecule has 2 aromatic carbocycles. The number of amides is 1. The van der Waals surface area contributed by atoms with Gasteiger partial charge >= 0.3 is 5.97 Å². The smallest absolute Gasteiger partial charge is 0.336 e. The first-order chi connectivity index (χ1) is 13.6. The maximum atomic E-state index is 13.4. The third kappa shape index (κ3) is 3.66. The molecule has 2 saturated heterocycles. The van der Waals surface area contributed by atoms with Crippen molar-refractivity contribution in [2.24, 2.45) is 0 Å². The van der Waals surface area contributed by atoms with Gasteiger partial charge in [-0.3, -0.25) is 4.79 Å². The monoisotopic (exact) mass is 397 g/mol. The van der Waals surface area contributed by atoms with E-state index >= 15 is 0 Å². The second-order valence-electron chi connectivity index (χ2n) is 7.27. The lowest BCUT2D eigenvalue weighted by atomic mass is 9.93. The molecule has 1 amide bonds. The number of rotatable bonds is 3. The number of hydrogen-bond donors (Lipinski definition) is 1. The molecule has 0 aliphatic carbocycles. The van der Waals surface area contributed by atoms with Gasteiger partial charge in [0.15, 0.2) is 0 Å². The van der Waals surface area contributed by atoms with Gasteiger partial charge in [-0.25, -0.2) is 4.79 Å². The van der Waals surface area contributed by atoms with Crippen LogP contribution in [0.2, 0.25) is 0 Å². The summed E-state index contributed by atoms with van der Waals surface area (Å²) in [6, 6.07) is 14.2. The Bertz CT molecular complexity index is 886. The van der Waals surface area contributed by atoms with Gasteiger partial charge in [0, 0.05) is 42.4 Å². The van der Waals surface area contributed by atoms with Crippen molar-refractivity contribution in [1.29, 1.82) is 0 Å². The predicted molar refractivity (Wildman–Crippen MR) is 110 cm³/mol. The van der Waals surface area contributed by atoms with Crippen LogP contribution in [0.4, 0.5) is 0 Å². The highest BCUT2D eigenvalue weighted by molar-refractivity contribution is 8.00. The van der Waals surface area contributed by atoms with Crippen LogP contribution in [-0.2, 0) is 4.74 Å². The minimum Gasteiger partial charge on any atom is -0.478 e. The number of carbonyl (C=O) groups is 2. The number of hydrogen-bond acceptors (Lipinski definition) is 4. The van der Waals surface area contributed by atoms with Crippen LogP contribution >= 0.6 is 11.8 Å². The standard InChI is InChI=1S/C22H23NO4S/c24-20(23-11-14-28-22(15-23)9-12-27-13-10-22)18-7-3-1-5-16(18)17-6-2-4-8-19(17)21(25)26/h1-8H,9-15H2,(H,25,26). The van der Waals surface area contributed by atoms with Crippen LogP contribution in [0.15, 0.2) is 48.5 Å². The minimum atomic E-state index is -0.992. The van der Waals surface area contributed by atoms with Crippen molar-refractivity contribution < 1.29 is 19.4 Å². The van der Waals surface area contributed by atoms with E-state index in [0.717, 1.165) is 38.4 Å². The summed E-state index contributed by atoms with van der Waals surface area (Å²) < 4.78 is 5.60. The molecule has 0 unspecified atom stereocenters. The second kappa shape index (κ2) is 7.97. The van der Waals surface area contributed by atoms with Gasteiger partial charge in [-0.2, -0.15) is 11.8 Å². The van der Waals surface area contributed by atoms with E-state index in [1.165, 1.54) is 0 Å². The van der Waals surface area contributed by atoms with Gasteiger partial charge < -0.3 is 14.7 Å². The van der Waals surface area contributed by atoms with E-state index in [0.29, 0.717) is 23.2 Å². The first kappa shape index (κ1) is 19.0. The SMILES string of the molecule is O=C(O)c1ccccc1-c1ccccc1C(=O)N1CCSC2(CCOCC2)C1. The molecule has 5 nitrogen and oxygen atoms in total. The molecular formula is C22H23NO4S. The Hall–Kier alpha value is -2.31. The molecule has 28 heavy (non-hydrogen) atoms. The molecule has 4 rings (SSSR count). The summed E-state index contributed by atoms with van der Waals surface area (Å²) in [4.78, 5) is 27.0. The van der Waals surface area contributed by atoms with Crippen LogP contribution in [-0.4, -0.2) is 58.7 Å². The maximum absolute atomic E-state index is 13.4. The van der Waals surface area contributed by atoms with Crippen LogP contribution < -0.4 is 0 Å². The molecule has 0 bridgehead atoms. The zero-order valence-electron chi connectivity index (χ0n) is 15.6. The lowest BCUT2D eigenvalue weighted by Crippen LogP contribution is -2.51. The topological polar surface area (TPSA) is 66.8 Å². The summed E-state index contributed by atoms with van der Waals surface area (Å²) in [6.45, 7) is 2.92. The molecule has 2 fully saturated rings. The fourth-order valence-electron chi connectivity index (χ4n) is 4.04. The molecule has 146 valence electrons. The number of carbonyl (C=O) groups excluding carboxylic acids is 1. The Balaban J connectivity index is 1.67. The fraction of sp³-hybridized carbons (Fsp3) is 0.364. The van der Waals surface area contributed by atoms with Crippen LogP contribution in [0.25, 0.3) is 11.1 Å². The maximum Gasteiger partial charge on any atom is 0.336 e. The van der Waals surface area contributed by atoms with E-state index < -0.39 is 5.97 Å². The van der Waals surface area contributed by atoms with Crippen LogP contribution in [0, 0.1) is 0 Å². The molecule has 2 aromatic rings. The summed E-state index contributed by atoms with van der Waals surface area (Å²) in [5.41, 5.74) is 2.01. The zero-order valence-corrected chi connectivity index (χ0v) is 16.4. The quantitative estimate of drug-likeness (QED) is 0.854. The van der Waals surface area contributed by atoms with E-state index in [-0.39, 0.29) is 16.2 Å². The Morgan fingerprint density at radius 2 is 1.57 bits per heavy atom. The largest absolute Gasteiger partial charge is 0.478 e. The Labute approximate surface area is 168 Å². The van der Waals surface area contributed by atoms with E-state index in [1.54, 1.807) is 30.3 Å². The van der Waals surface area contributed by atoms with E-state index in [2.05, 4.69) is 0 Å². The summed E-state index contributed by atoms with van der Waals surface area (Å²) in [7, 11) is 0. The van der Waals surface area contributed by atoms with Gasteiger partial charge in [-0.1, -0.05) is 36.4 Å². The molecule has 6 heteroatoms. The van der Waals surface area contributed by atoms with Gasteiger partial charge in [0.2, 0.25) is 0 Å². The zero-order chi connectivity index (χ0) is 19.6. The Morgan fingerprint density at radius 3 is 2.25 bits per heavy atom. The van der Waals surface area contributed by atoms with Gasteiger partial charge in [-0.05, 0) is 36.1 Å². The second-order valence-corrected chi connectivity index (χ2v) is 8.83. The number of benzene rings is 2. The van der Waals surface area contributed by atoms with Crippen molar-refractivity contribution in [3.05, 3.63) is 59.7 Å². The number of ether oxygens (including phenoxy) is 1. The molecule has 0 saturated carbocycles. The molecule has 1 spiro atoms. The summed E-state index contributed by atoms with van der Waals surface area (Å²) in [5, 5.41) is 9.56. The van der Waals surface area contributed by atoms with Crippen molar-refractivity contribution in [1.82, 2.24) is 4.90 Å². The minimum absolute atomic E-state index is 0.0260. The Morgan fingerprint density at radius 1 is 0.964 bits per heavy atom. The molecular weight excluding hydrogens is 374 g/mol. The van der Waals surface area contributed by atoms with Gasteiger partial charge in [0.25, 0.3) is 5.91 Å². The third-order valence-corrected chi connectivity index (χ3v) is 7.08. The van der Waals surface area contributed by atoms with Gasteiger partial charge in [0.1, 0.15) is 0 Å². The predicted octanol–water partition coefficient (Wildman–Crippen LogP) is 3.79. The van der Waals surface area contributed by atoms with Crippen molar-refractivity contribution in [2.75, 3.05) is 32.1 Å². The number of nitrogens with zero attached hydrogens (tertiary/aromatic N) is 1. The van der Waals surface area contributed by atoms with Gasteiger partial charge in [0.05, 0.1) is 5.56 Å². The summed E-state index contributed by atoms with van der Waals surface area (Å²) >= 11 is 1.96. The highest BCUT2D eigenvalue weighted by Gasteiger charge is 2.39. The number of thioether (sulfide) groups is 1. The van der Waals surface area contributed by atoms with Crippen molar-refractivity contribution in [3.63, 3.8) is 0 Å². The summed E-state index contributed by atoms with van der Waals surface area (Å²) in [6.07, 6.45) is 1.93. The number of aromatic carboxylic acids is 1.